The van der Waals surface area contributed by atoms with Crippen LogP contribution in [0.2, 0.25) is 10.0 Å². The van der Waals surface area contributed by atoms with E-state index in [2.05, 4.69) is 4.72 Å². The highest BCUT2D eigenvalue weighted by molar-refractivity contribution is 7.99. The van der Waals surface area contributed by atoms with Crippen LogP contribution in [0.5, 0.6) is 0 Å². The first kappa shape index (κ1) is 17.0. The molecule has 3 rings (SSSR count). The fourth-order valence-electron chi connectivity index (χ4n) is 2.42. The highest BCUT2D eigenvalue weighted by atomic mass is 35.5. The Morgan fingerprint density at radius 2 is 1.96 bits per heavy atom. The fraction of sp³-hybridized carbons (Fsp3) is 0.200. The number of fused-ring (bicyclic) bond motifs is 1. The van der Waals surface area contributed by atoms with E-state index in [0.717, 1.165) is 10.6 Å². The molecule has 122 valence electrons. The van der Waals surface area contributed by atoms with E-state index in [4.69, 9.17) is 23.2 Å². The van der Waals surface area contributed by atoms with Gasteiger partial charge in [-0.15, -0.1) is 11.8 Å². The molecule has 0 fully saturated rings. The number of nitrogens with one attached hydrogen (secondary N) is 1. The molecule has 0 aromatic heterocycles. The summed E-state index contributed by atoms with van der Waals surface area (Å²) in [6.07, 6.45) is 0.568. The minimum Gasteiger partial charge on any atom is -0.207 e. The van der Waals surface area contributed by atoms with Crippen LogP contribution in [0.4, 0.5) is 4.39 Å². The zero-order chi connectivity index (χ0) is 16.6. The van der Waals surface area contributed by atoms with E-state index in [0.29, 0.717) is 12.0 Å². The zero-order valence-electron chi connectivity index (χ0n) is 11.7. The van der Waals surface area contributed by atoms with Gasteiger partial charge in [0.2, 0.25) is 10.0 Å². The molecule has 2 aromatic carbocycles. The monoisotopic (exact) mass is 391 g/mol. The highest BCUT2D eigenvalue weighted by Gasteiger charge is 2.28. The van der Waals surface area contributed by atoms with Crippen molar-refractivity contribution in [2.24, 2.45) is 0 Å². The van der Waals surface area contributed by atoms with Gasteiger partial charge < -0.3 is 0 Å². The van der Waals surface area contributed by atoms with Crippen molar-refractivity contribution in [3.63, 3.8) is 0 Å². The number of benzene rings is 2. The first-order valence-electron chi connectivity index (χ1n) is 6.76. The molecule has 1 aliphatic rings. The first-order valence-corrected chi connectivity index (χ1v) is 9.99. The summed E-state index contributed by atoms with van der Waals surface area (Å²) in [5, 5.41) is 0.368. The Morgan fingerprint density at radius 3 is 2.74 bits per heavy atom. The summed E-state index contributed by atoms with van der Waals surface area (Å²) in [6, 6.07) is 8.17. The molecule has 0 saturated heterocycles. The molecule has 3 nitrogen and oxygen atoms in total. The van der Waals surface area contributed by atoms with Gasteiger partial charge in [-0.3, -0.25) is 0 Å². The number of hydrogen-bond acceptors (Lipinski definition) is 3. The van der Waals surface area contributed by atoms with E-state index in [1.807, 2.05) is 0 Å². The van der Waals surface area contributed by atoms with Crippen LogP contribution in [-0.2, 0) is 10.0 Å². The van der Waals surface area contributed by atoms with Crippen LogP contribution in [0.25, 0.3) is 0 Å². The molecule has 0 spiro atoms. The second-order valence-corrected chi connectivity index (χ2v) is 8.73. The van der Waals surface area contributed by atoms with Crippen molar-refractivity contribution >= 4 is 45.0 Å². The Bertz CT molecular complexity index is 859. The van der Waals surface area contributed by atoms with Gasteiger partial charge in [-0.25, -0.2) is 17.5 Å². The van der Waals surface area contributed by atoms with Crippen LogP contribution in [0.15, 0.2) is 46.2 Å². The van der Waals surface area contributed by atoms with E-state index >= 15 is 0 Å². The molecule has 0 radical (unpaired) electrons. The molecule has 0 amide bonds. The minimum absolute atomic E-state index is 0.0807. The van der Waals surface area contributed by atoms with Crippen molar-refractivity contribution in [1.29, 1.82) is 0 Å². The maximum atomic E-state index is 13.5. The van der Waals surface area contributed by atoms with E-state index in [9.17, 15) is 12.8 Å². The van der Waals surface area contributed by atoms with Gasteiger partial charge in [0.25, 0.3) is 0 Å². The quantitative estimate of drug-likeness (QED) is 0.827. The summed E-state index contributed by atoms with van der Waals surface area (Å²) in [5.41, 5.74) is 0.642. The van der Waals surface area contributed by atoms with Crippen LogP contribution in [0.1, 0.15) is 18.0 Å². The van der Waals surface area contributed by atoms with Gasteiger partial charge in [0.15, 0.2) is 0 Å². The van der Waals surface area contributed by atoms with Crippen LogP contribution < -0.4 is 4.72 Å². The zero-order valence-corrected chi connectivity index (χ0v) is 14.9. The number of sulfonamides is 1. The predicted octanol–water partition coefficient (Wildman–Crippen LogP) is 4.65. The topological polar surface area (TPSA) is 46.2 Å². The van der Waals surface area contributed by atoms with Gasteiger partial charge in [-0.1, -0.05) is 23.2 Å². The summed E-state index contributed by atoms with van der Waals surface area (Å²) in [4.78, 5) is 0.797. The van der Waals surface area contributed by atoms with Crippen LogP contribution >= 0.6 is 35.0 Å². The summed E-state index contributed by atoms with van der Waals surface area (Å²) < 4.78 is 41.4. The lowest BCUT2D eigenvalue weighted by atomic mass is 10.0. The molecule has 1 atom stereocenters. The lowest BCUT2D eigenvalue weighted by Gasteiger charge is -2.26. The van der Waals surface area contributed by atoms with Gasteiger partial charge in [0.1, 0.15) is 10.7 Å². The summed E-state index contributed by atoms with van der Waals surface area (Å²) >= 11 is 13.4. The van der Waals surface area contributed by atoms with E-state index < -0.39 is 21.9 Å². The molecule has 8 heteroatoms. The molecule has 23 heavy (non-hydrogen) atoms. The highest BCUT2D eigenvalue weighted by Crippen LogP contribution is 2.37. The normalized spacial score (nSPS) is 17.8. The second kappa shape index (κ2) is 6.61. The Kier molecular flexibility index (Phi) is 4.90. The Hall–Kier alpha value is -0.790. The average molecular weight is 392 g/mol. The van der Waals surface area contributed by atoms with Gasteiger partial charge in [-0.2, -0.15) is 0 Å². The smallest absolute Gasteiger partial charge is 0.207 e. The number of rotatable bonds is 3. The minimum atomic E-state index is -3.87. The third-order valence-corrected chi connectivity index (χ3v) is 6.80. The van der Waals surface area contributed by atoms with Crippen LogP contribution in [0.3, 0.4) is 0 Å². The molecular formula is C15H12Cl2FNO2S2. The van der Waals surface area contributed by atoms with Crippen molar-refractivity contribution in [2.45, 2.75) is 22.3 Å². The van der Waals surface area contributed by atoms with Gasteiger partial charge in [-0.05, 0) is 54.1 Å². The fourth-order valence-corrected chi connectivity index (χ4v) is 5.54. The third-order valence-electron chi connectivity index (χ3n) is 3.49. The molecule has 0 aliphatic carbocycles. The Labute approximate surface area is 148 Å². The lowest BCUT2D eigenvalue weighted by Crippen LogP contribution is -2.31. The Balaban J connectivity index is 1.96. The largest absolute Gasteiger partial charge is 0.242 e. The van der Waals surface area contributed by atoms with E-state index in [1.165, 1.54) is 30.3 Å². The van der Waals surface area contributed by atoms with Crippen molar-refractivity contribution < 1.29 is 12.8 Å². The van der Waals surface area contributed by atoms with Gasteiger partial charge >= 0.3 is 0 Å². The summed E-state index contributed by atoms with van der Waals surface area (Å²) in [6.45, 7) is 0. The van der Waals surface area contributed by atoms with Gasteiger partial charge in [0.05, 0.1) is 5.02 Å². The van der Waals surface area contributed by atoms with E-state index in [-0.39, 0.29) is 14.9 Å². The molecule has 0 bridgehead atoms. The van der Waals surface area contributed by atoms with Crippen molar-refractivity contribution in [1.82, 2.24) is 4.72 Å². The predicted molar refractivity (Wildman–Crippen MR) is 91.3 cm³/mol. The standard InChI is InChI=1S/C15H12Cl2FNO2S2/c16-9-1-3-12(17)15(7-9)23(20,21)19-13-5-6-22-14-4-2-10(18)8-11(13)14/h1-4,7-8,13,19H,5-6H2. The molecule has 1 N–H and O–H groups in total. The summed E-state index contributed by atoms with van der Waals surface area (Å²) in [5.74, 6) is 0.353. The van der Waals surface area contributed by atoms with Crippen LogP contribution in [-0.4, -0.2) is 14.2 Å². The van der Waals surface area contributed by atoms with Crippen molar-refractivity contribution in [3.05, 3.63) is 57.8 Å². The molecule has 1 aliphatic heterocycles. The number of halogens is 3. The molecular weight excluding hydrogens is 380 g/mol. The SMILES string of the molecule is O=S(=O)(NC1CCSc2ccc(F)cc21)c1cc(Cl)ccc1Cl. The second-order valence-electron chi connectivity index (χ2n) is 5.07. The maximum absolute atomic E-state index is 13.5. The molecule has 1 unspecified atom stereocenters. The van der Waals surface area contributed by atoms with Crippen molar-refractivity contribution in [2.75, 3.05) is 5.75 Å². The molecule has 2 aromatic rings. The maximum Gasteiger partial charge on any atom is 0.242 e. The molecule has 0 saturated carbocycles. The number of thioether (sulfide) groups is 1. The summed E-state index contributed by atoms with van der Waals surface area (Å²) in [7, 11) is -3.87. The van der Waals surface area contributed by atoms with E-state index in [1.54, 1.807) is 17.8 Å². The van der Waals surface area contributed by atoms with Crippen molar-refractivity contribution in [3.8, 4) is 0 Å². The Morgan fingerprint density at radius 1 is 1.17 bits per heavy atom. The number of hydrogen-bond donors (Lipinski definition) is 1. The van der Waals surface area contributed by atoms with Gasteiger partial charge in [0, 0.05) is 16.0 Å². The average Bonchev–Trinajstić information content (AvgIpc) is 2.50. The van der Waals surface area contributed by atoms with Crippen LogP contribution in [0, 0.1) is 5.82 Å². The third kappa shape index (κ3) is 3.67. The molecule has 1 heterocycles. The lowest BCUT2D eigenvalue weighted by molar-refractivity contribution is 0.541. The first-order chi connectivity index (χ1) is 10.9.